The summed E-state index contributed by atoms with van der Waals surface area (Å²) in [5.74, 6) is 0.0435. The molecule has 0 aromatic heterocycles. The van der Waals surface area contributed by atoms with Crippen molar-refractivity contribution in [3.63, 3.8) is 0 Å². The molecule has 2 nitrogen and oxygen atoms in total. The lowest BCUT2D eigenvalue weighted by Crippen LogP contribution is -2.36. The van der Waals surface area contributed by atoms with E-state index >= 15 is 0 Å². The van der Waals surface area contributed by atoms with Crippen LogP contribution in [-0.2, 0) is 5.60 Å². The lowest BCUT2D eigenvalue weighted by Gasteiger charge is -2.37. The Morgan fingerprint density at radius 1 is 1.06 bits per heavy atom. The van der Waals surface area contributed by atoms with E-state index in [4.69, 9.17) is 0 Å². The molecule has 0 amide bonds. The summed E-state index contributed by atoms with van der Waals surface area (Å²) in [7, 11) is 0. The first-order chi connectivity index (χ1) is 7.16. The van der Waals surface area contributed by atoms with Crippen molar-refractivity contribution in [2.24, 2.45) is 5.41 Å². The molecule has 0 fully saturated rings. The van der Waals surface area contributed by atoms with Gasteiger partial charge in [-0.3, -0.25) is 4.79 Å². The van der Waals surface area contributed by atoms with Crippen LogP contribution in [0.25, 0.3) is 0 Å². The van der Waals surface area contributed by atoms with E-state index in [-0.39, 0.29) is 11.2 Å². The third-order valence-corrected chi connectivity index (χ3v) is 3.31. The number of Topliss-reactive ketones (excluding diaryl/α,β-unsaturated/α-hetero) is 1. The van der Waals surface area contributed by atoms with Crippen molar-refractivity contribution in [1.82, 2.24) is 0 Å². The third-order valence-electron chi connectivity index (χ3n) is 3.31. The Kier molecular flexibility index (Phi) is 3.25. The monoisotopic (exact) mass is 220 g/mol. The van der Waals surface area contributed by atoms with Crippen LogP contribution in [0.5, 0.6) is 0 Å². The summed E-state index contributed by atoms with van der Waals surface area (Å²) in [6.45, 7) is 9.32. The number of carbonyl (C=O) groups is 1. The molecule has 0 aliphatic rings. The molecule has 1 aromatic carbocycles. The van der Waals surface area contributed by atoms with Gasteiger partial charge in [-0.2, -0.15) is 0 Å². The largest absolute Gasteiger partial charge is 0.385 e. The van der Waals surface area contributed by atoms with Crippen molar-refractivity contribution in [3.05, 3.63) is 35.4 Å². The highest BCUT2D eigenvalue weighted by Gasteiger charge is 2.36. The molecule has 1 N–H and O–H groups in total. The van der Waals surface area contributed by atoms with E-state index in [0.29, 0.717) is 5.56 Å². The van der Waals surface area contributed by atoms with Crippen LogP contribution in [-0.4, -0.2) is 10.9 Å². The molecule has 2 heteroatoms. The Morgan fingerprint density at radius 2 is 1.50 bits per heavy atom. The van der Waals surface area contributed by atoms with Gasteiger partial charge in [0, 0.05) is 5.56 Å². The standard InChI is InChI=1S/C14H20O2/c1-10(15)11-6-8-12(9-7-11)14(5,16)13(2,3)4/h6-9,16H,1-5H3. The first-order valence-corrected chi connectivity index (χ1v) is 5.50. The van der Waals surface area contributed by atoms with E-state index in [1.165, 1.54) is 6.92 Å². The maximum Gasteiger partial charge on any atom is 0.159 e. The molecule has 1 atom stereocenters. The summed E-state index contributed by atoms with van der Waals surface area (Å²) in [6.07, 6.45) is 0. The van der Waals surface area contributed by atoms with Crippen molar-refractivity contribution in [2.75, 3.05) is 0 Å². The molecular weight excluding hydrogens is 200 g/mol. The Balaban J connectivity index is 3.11. The summed E-state index contributed by atoms with van der Waals surface area (Å²) >= 11 is 0. The number of ketones is 1. The van der Waals surface area contributed by atoms with Crippen molar-refractivity contribution in [2.45, 2.75) is 40.2 Å². The fourth-order valence-electron chi connectivity index (χ4n) is 1.46. The molecule has 88 valence electrons. The predicted octanol–water partition coefficient (Wildman–Crippen LogP) is 3.14. The normalized spacial score (nSPS) is 15.6. The molecule has 0 heterocycles. The maximum atomic E-state index is 11.1. The highest BCUT2D eigenvalue weighted by molar-refractivity contribution is 5.94. The number of rotatable bonds is 2. The Labute approximate surface area is 97.3 Å². The summed E-state index contributed by atoms with van der Waals surface area (Å²) in [6, 6.07) is 7.17. The van der Waals surface area contributed by atoms with E-state index in [9.17, 15) is 9.90 Å². The zero-order chi connectivity index (χ0) is 12.6. The van der Waals surface area contributed by atoms with Gasteiger partial charge in [0.15, 0.2) is 5.78 Å². The van der Waals surface area contributed by atoms with Crippen LogP contribution in [0.15, 0.2) is 24.3 Å². The highest BCUT2D eigenvalue weighted by atomic mass is 16.3. The number of aliphatic hydroxyl groups is 1. The van der Waals surface area contributed by atoms with Crippen LogP contribution in [0.1, 0.15) is 50.5 Å². The zero-order valence-electron chi connectivity index (χ0n) is 10.7. The topological polar surface area (TPSA) is 37.3 Å². The highest BCUT2D eigenvalue weighted by Crippen LogP contribution is 2.38. The number of benzene rings is 1. The van der Waals surface area contributed by atoms with Gasteiger partial charge in [0.1, 0.15) is 0 Å². The fraction of sp³-hybridized carbons (Fsp3) is 0.500. The van der Waals surface area contributed by atoms with Gasteiger partial charge >= 0.3 is 0 Å². The molecule has 0 saturated heterocycles. The van der Waals surface area contributed by atoms with Gasteiger partial charge in [-0.15, -0.1) is 0 Å². The molecule has 0 spiro atoms. The van der Waals surface area contributed by atoms with Crippen molar-refractivity contribution in [3.8, 4) is 0 Å². The smallest absolute Gasteiger partial charge is 0.159 e. The van der Waals surface area contributed by atoms with Gasteiger partial charge in [0.25, 0.3) is 0 Å². The quantitative estimate of drug-likeness (QED) is 0.777. The fourth-order valence-corrected chi connectivity index (χ4v) is 1.46. The lowest BCUT2D eigenvalue weighted by molar-refractivity contribution is -0.0470. The summed E-state index contributed by atoms with van der Waals surface area (Å²) in [5, 5.41) is 10.5. The third kappa shape index (κ3) is 2.33. The van der Waals surface area contributed by atoms with Crippen LogP contribution < -0.4 is 0 Å². The van der Waals surface area contributed by atoms with Gasteiger partial charge in [-0.25, -0.2) is 0 Å². The molecule has 0 radical (unpaired) electrons. The molecule has 0 aliphatic heterocycles. The Morgan fingerprint density at radius 3 is 1.81 bits per heavy atom. The van der Waals surface area contributed by atoms with Crippen molar-refractivity contribution in [1.29, 1.82) is 0 Å². The number of hydrogen-bond acceptors (Lipinski definition) is 2. The Hall–Kier alpha value is -1.15. The van der Waals surface area contributed by atoms with E-state index in [1.807, 2.05) is 32.9 Å². The van der Waals surface area contributed by atoms with Gasteiger partial charge in [-0.1, -0.05) is 45.0 Å². The lowest BCUT2D eigenvalue weighted by atomic mass is 9.73. The minimum atomic E-state index is -0.900. The van der Waals surface area contributed by atoms with E-state index < -0.39 is 5.60 Å². The molecule has 0 bridgehead atoms. The summed E-state index contributed by atoms with van der Waals surface area (Å²) in [4.78, 5) is 11.1. The summed E-state index contributed by atoms with van der Waals surface area (Å²) < 4.78 is 0. The second-order valence-electron chi connectivity index (χ2n) is 5.46. The molecule has 1 unspecified atom stereocenters. The number of carbonyl (C=O) groups excluding carboxylic acids is 1. The van der Waals surface area contributed by atoms with Crippen LogP contribution in [0.3, 0.4) is 0 Å². The van der Waals surface area contributed by atoms with E-state index in [2.05, 4.69) is 0 Å². The molecule has 16 heavy (non-hydrogen) atoms. The molecule has 0 aliphatic carbocycles. The van der Waals surface area contributed by atoms with E-state index in [0.717, 1.165) is 5.56 Å². The van der Waals surface area contributed by atoms with Crippen molar-refractivity contribution >= 4 is 5.78 Å². The SMILES string of the molecule is CC(=O)c1ccc(C(C)(O)C(C)(C)C)cc1. The Bertz CT molecular complexity index is 380. The molecular formula is C14H20O2. The summed E-state index contributed by atoms with van der Waals surface area (Å²) in [5.41, 5.74) is 0.367. The van der Waals surface area contributed by atoms with Gasteiger partial charge in [0.05, 0.1) is 5.60 Å². The van der Waals surface area contributed by atoms with Crippen LogP contribution in [0.4, 0.5) is 0 Å². The van der Waals surface area contributed by atoms with Gasteiger partial charge < -0.3 is 5.11 Å². The molecule has 1 rings (SSSR count). The van der Waals surface area contributed by atoms with Crippen LogP contribution in [0.2, 0.25) is 0 Å². The van der Waals surface area contributed by atoms with Gasteiger partial charge in [0.2, 0.25) is 0 Å². The minimum Gasteiger partial charge on any atom is -0.385 e. The second kappa shape index (κ2) is 4.02. The van der Waals surface area contributed by atoms with E-state index in [1.54, 1.807) is 19.1 Å². The minimum absolute atomic E-state index is 0.0435. The predicted molar refractivity (Wildman–Crippen MR) is 65.5 cm³/mol. The van der Waals surface area contributed by atoms with Crippen LogP contribution >= 0.6 is 0 Å². The second-order valence-corrected chi connectivity index (χ2v) is 5.46. The average Bonchev–Trinajstić information content (AvgIpc) is 2.16. The maximum absolute atomic E-state index is 11.1. The first-order valence-electron chi connectivity index (χ1n) is 5.50. The average molecular weight is 220 g/mol. The number of hydrogen-bond donors (Lipinski definition) is 1. The van der Waals surface area contributed by atoms with Gasteiger partial charge in [-0.05, 0) is 24.8 Å². The van der Waals surface area contributed by atoms with Crippen LogP contribution in [0, 0.1) is 5.41 Å². The van der Waals surface area contributed by atoms with Crippen molar-refractivity contribution < 1.29 is 9.90 Å². The molecule has 0 saturated carbocycles. The molecule has 1 aromatic rings. The zero-order valence-corrected chi connectivity index (χ0v) is 10.7. The first kappa shape index (κ1) is 12.9.